The molecule has 0 bridgehead atoms. The molecule has 1 aromatic carbocycles. The number of hydrogen-bond donors (Lipinski definition) is 2. The monoisotopic (exact) mass is 489 g/mol. The van der Waals surface area contributed by atoms with Crippen LogP contribution in [0.4, 0.5) is 10.8 Å². The van der Waals surface area contributed by atoms with E-state index in [2.05, 4.69) is 20.8 Å². The van der Waals surface area contributed by atoms with E-state index in [0.29, 0.717) is 22.6 Å². The Morgan fingerprint density at radius 2 is 2.12 bits per heavy atom. The lowest BCUT2D eigenvalue weighted by Crippen LogP contribution is -2.32. The minimum Gasteiger partial charge on any atom is -0.376 e. The van der Waals surface area contributed by atoms with Gasteiger partial charge in [-0.15, -0.1) is 10.2 Å². The summed E-state index contributed by atoms with van der Waals surface area (Å²) in [6.07, 6.45) is 2.27. The van der Waals surface area contributed by atoms with Gasteiger partial charge in [-0.2, -0.15) is 0 Å². The van der Waals surface area contributed by atoms with E-state index in [1.807, 2.05) is 32.0 Å². The number of carbonyl (C=O) groups excluding carboxylic acids is 3. The maximum absolute atomic E-state index is 12.7. The molecule has 0 radical (unpaired) electrons. The number of thioether (sulfide) groups is 1. The first-order chi connectivity index (χ1) is 15.9. The molecule has 2 saturated heterocycles. The summed E-state index contributed by atoms with van der Waals surface area (Å²) in [6.45, 7) is 5.64. The second-order valence-corrected chi connectivity index (χ2v) is 10.5. The Balaban J connectivity index is 1.24. The molecule has 2 aromatic rings. The zero-order valence-corrected chi connectivity index (χ0v) is 20.3. The highest BCUT2D eigenvalue weighted by atomic mass is 32.2. The molecule has 3 amide bonds. The van der Waals surface area contributed by atoms with Gasteiger partial charge in [-0.3, -0.25) is 14.4 Å². The third kappa shape index (κ3) is 6.10. The number of rotatable bonds is 8. The molecular weight excluding hydrogens is 462 g/mol. The molecule has 33 heavy (non-hydrogen) atoms. The van der Waals surface area contributed by atoms with Crippen molar-refractivity contribution in [3.05, 3.63) is 29.3 Å². The second-order valence-electron chi connectivity index (χ2n) is 8.26. The van der Waals surface area contributed by atoms with Gasteiger partial charge in [0.15, 0.2) is 4.34 Å². The van der Waals surface area contributed by atoms with Crippen molar-refractivity contribution in [1.29, 1.82) is 0 Å². The van der Waals surface area contributed by atoms with Crippen LogP contribution in [0.3, 0.4) is 0 Å². The third-order valence-electron chi connectivity index (χ3n) is 5.81. The summed E-state index contributed by atoms with van der Waals surface area (Å²) in [5.41, 5.74) is 3.07. The van der Waals surface area contributed by atoms with Crippen molar-refractivity contribution < 1.29 is 19.1 Å². The quantitative estimate of drug-likeness (QED) is 0.433. The van der Waals surface area contributed by atoms with E-state index in [4.69, 9.17) is 4.74 Å². The minimum atomic E-state index is -0.456. The molecule has 2 N–H and O–H groups in total. The topological polar surface area (TPSA) is 114 Å². The van der Waals surface area contributed by atoms with Crippen LogP contribution in [0.25, 0.3) is 0 Å². The van der Waals surface area contributed by atoms with Crippen LogP contribution in [0.1, 0.15) is 30.4 Å². The molecule has 3 heterocycles. The Bertz CT molecular complexity index is 1040. The predicted molar refractivity (Wildman–Crippen MR) is 128 cm³/mol. The molecular formula is C22H27N5O4S2. The van der Waals surface area contributed by atoms with Crippen molar-refractivity contribution in [3.8, 4) is 0 Å². The van der Waals surface area contributed by atoms with E-state index in [0.717, 1.165) is 36.3 Å². The van der Waals surface area contributed by atoms with Gasteiger partial charge in [0.05, 0.1) is 17.8 Å². The molecule has 2 aliphatic rings. The van der Waals surface area contributed by atoms with E-state index in [1.165, 1.54) is 23.1 Å². The summed E-state index contributed by atoms with van der Waals surface area (Å²) in [5.74, 6) is -0.648. The summed E-state index contributed by atoms with van der Waals surface area (Å²) in [4.78, 5) is 38.9. The molecule has 0 unspecified atom stereocenters. The van der Waals surface area contributed by atoms with Crippen molar-refractivity contribution in [2.24, 2.45) is 5.92 Å². The van der Waals surface area contributed by atoms with Crippen molar-refractivity contribution in [1.82, 2.24) is 15.5 Å². The normalized spacial score (nSPS) is 20.3. The van der Waals surface area contributed by atoms with E-state index < -0.39 is 5.92 Å². The molecule has 11 heteroatoms. The first-order valence-corrected chi connectivity index (χ1v) is 12.7. The molecule has 9 nitrogen and oxygen atoms in total. The third-order valence-corrected chi connectivity index (χ3v) is 7.78. The highest BCUT2D eigenvalue weighted by Crippen LogP contribution is 2.29. The summed E-state index contributed by atoms with van der Waals surface area (Å²) in [6, 6.07) is 5.86. The average molecular weight is 490 g/mol. The van der Waals surface area contributed by atoms with Crippen molar-refractivity contribution in [2.75, 3.05) is 35.7 Å². The summed E-state index contributed by atoms with van der Waals surface area (Å²) in [5, 5.41) is 14.0. The van der Waals surface area contributed by atoms with Crippen molar-refractivity contribution >= 4 is 51.6 Å². The van der Waals surface area contributed by atoms with Gasteiger partial charge in [0.25, 0.3) is 0 Å². The van der Waals surface area contributed by atoms with Gasteiger partial charge in [-0.05, 0) is 49.9 Å². The zero-order valence-electron chi connectivity index (χ0n) is 18.6. The Hall–Kier alpha value is -2.50. The van der Waals surface area contributed by atoms with Crippen LogP contribution < -0.4 is 15.5 Å². The molecule has 176 valence electrons. The van der Waals surface area contributed by atoms with E-state index in [-0.39, 0.29) is 36.0 Å². The van der Waals surface area contributed by atoms with Crippen LogP contribution >= 0.6 is 23.1 Å². The lowest BCUT2D eigenvalue weighted by atomic mass is 10.1. The van der Waals surface area contributed by atoms with Crippen molar-refractivity contribution in [3.63, 3.8) is 0 Å². The molecule has 0 saturated carbocycles. The number of amides is 3. The first-order valence-electron chi connectivity index (χ1n) is 10.9. The van der Waals surface area contributed by atoms with Crippen LogP contribution in [0.15, 0.2) is 22.5 Å². The van der Waals surface area contributed by atoms with Crippen LogP contribution in [0.2, 0.25) is 0 Å². The van der Waals surface area contributed by atoms with Crippen LogP contribution in [-0.4, -0.2) is 59.5 Å². The second kappa shape index (κ2) is 10.6. The standard InChI is InChI=1S/C22H27N5O4S2/c1-13-5-6-16(8-14(13)2)27-11-15(9-19(27)29)20(30)24-21-25-26-22(33-21)32-12-18(28)23-10-17-4-3-7-31-17/h5-6,8,15,17H,3-4,7,9-12H2,1-2H3,(H,23,28)(H,24,25,30)/t15-,17-/m0/s1. The minimum absolute atomic E-state index is 0.0686. The fourth-order valence-electron chi connectivity index (χ4n) is 3.76. The Kier molecular flexibility index (Phi) is 7.61. The number of aromatic nitrogens is 2. The highest BCUT2D eigenvalue weighted by molar-refractivity contribution is 8.01. The number of hydrogen-bond acceptors (Lipinski definition) is 8. The van der Waals surface area contributed by atoms with Gasteiger partial charge in [-0.25, -0.2) is 0 Å². The summed E-state index contributed by atoms with van der Waals surface area (Å²) >= 11 is 2.48. The molecule has 0 aliphatic carbocycles. The zero-order chi connectivity index (χ0) is 23.4. The fraction of sp³-hybridized carbons (Fsp3) is 0.500. The lowest BCUT2D eigenvalue weighted by Gasteiger charge is -2.17. The Morgan fingerprint density at radius 1 is 1.27 bits per heavy atom. The number of aryl methyl sites for hydroxylation is 2. The number of nitrogens with zero attached hydrogens (tertiary/aromatic N) is 3. The number of anilines is 2. The average Bonchev–Trinajstić information content (AvgIpc) is 3.54. The van der Waals surface area contributed by atoms with E-state index >= 15 is 0 Å². The first kappa shape index (κ1) is 23.7. The van der Waals surface area contributed by atoms with Crippen LogP contribution in [0.5, 0.6) is 0 Å². The number of carbonyl (C=O) groups is 3. The van der Waals surface area contributed by atoms with Gasteiger partial charge in [-0.1, -0.05) is 29.2 Å². The van der Waals surface area contributed by atoms with Gasteiger partial charge in [0.1, 0.15) is 0 Å². The maximum Gasteiger partial charge on any atom is 0.231 e. The van der Waals surface area contributed by atoms with Gasteiger partial charge < -0.3 is 20.3 Å². The van der Waals surface area contributed by atoms with E-state index in [9.17, 15) is 14.4 Å². The van der Waals surface area contributed by atoms with Gasteiger partial charge in [0, 0.05) is 31.8 Å². The fourth-order valence-corrected chi connectivity index (χ4v) is 5.35. The highest BCUT2D eigenvalue weighted by Gasteiger charge is 2.35. The molecule has 2 aliphatic heterocycles. The predicted octanol–water partition coefficient (Wildman–Crippen LogP) is 2.53. The maximum atomic E-state index is 12.7. The molecule has 4 rings (SSSR count). The SMILES string of the molecule is Cc1ccc(N2C[C@@H](C(=O)Nc3nnc(SCC(=O)NC[C@@H]4CCCO4)s3)CC2=O)cc1C. The summed E-state index contributed by atoms with van der Waals surface area (Å²) < 4.78 is 6.08. The molecule has 0 spiro atoms. The Labute approximate surface area is 200 Å². The largest absolute Gasteiger partial charge is 0.376 e. The number of benzene rings is 1. The molecule has 1 aromatic heterocycles. The number of nitrogens with one attached hydrogen (secondary N) is 2. The molecule has 2 fully saturated rings. The Morgan fingerprint density at radius 3 is 2.88 bits per heavy atom. The smallest absolute Gasteiger partial charge is 0.231 e. The van der Waals surface area contributed by atoms with Crippen LogP contribution in [-0.2, 0) is 19.1 Å². The molecule has 2 atom stereocenters. The van der Waals surface area contributed by atoms with E-state index in [1.54, 1.807) is 4.90 Å². The van der Waals surface area contributed by atoms with Gasteiger partial charge in [0.2, 0.25) is 22.9 Å². The van der Waals surface area contributed by atoms with Crippen molar-refractivity contribution in [2.45, 2.75) is 43.6 Å². The van der Waals surface area contributed by atoms with Crippen LogP contribution in [0, 0.1) is 19.8 Å². The lowest BCUT2D eigenvalue weighted by molar-refractivity contribution is -0.122. The number of ether oxygens (including phenoxy) is 1. The summed E-state index contributed by atoms with van der Waals surface area (Å²) in [7, 11) is 0. The van der Waals surface area contributed by atoms with Gasteiger partial charge >= 0.3 is 0 Å².